The Morgan fingerprint density at radius 3 is 2.60 bits per heavy atom. The molecular weight excluding hydrogens is 404 g/mol. The summed E-state index contributed by atoms with van der Waals surface area (Å²) in [6, 6.07) is 16.3. The second kappa shape index (κ2) is 8.42. The third kappa shape index (κ3) is 4.21. The Bertz CT molecular complexity index is 1200. The Kier molecular flexibility index (Phi) is 5.54. The zero-order valence-corrected chi connectivity index (χ0v) is 17.2. The highest BCUT2D eigenvalue weighted by atomic mass is 35.5. The fraction of sp³-hybridized carbons (Fsp3) is 0.136. The number of ether oxygens (including phenoxy) is 2. The van der Waals surface area contributed by atoms with Gasteiger partial charge in [0.15, 0.2) is 5.65 Å². The van der Waals surface area contributed by atoms with Crippen LogP contribution in [0.25, 0.3) is 16.9 Å². The fourth-order valence-corrected chi connectivity index (χ4v) is 3.19. The standard InChI is InChI=1S/C22H19ClN4O3/c1-29-19-8-5-15(18-13-27-20(24-18)9-10-22(26-27)30-2)12-17(19)25-21(28)11-14-3-6-16(23)7-4-14/h3-10,12-13H,11H2,1-2H3,(H,25,28). The van der Waals surface area contributed by atoms with Crippen molar-refractivity contribution in [1.29, 1.82) is 0 Å². The fourth-order valence-electron chi connectivity index (χ4n) is 3.06. The van der Waals surface area contributed by atoms with Gasteiger partial charge in [-0.25, -0.2) is 9.50 Å². The van der Waals surface area contributed by atoms with E-state index in [2.05, 4.69) is 15.4 Å². The monoisotopic (exact) mass is 422 g/mol. The summed E-state index contributed by atoms with van der Waals surface area (Å²) in [4.78, 5) is 17.1. The Balaban J connectivity index is 1.60. The van der Waals surface area contributed by atoms with Crippen LogP contribution in [0.1, 0.15) is 5.56 Å². The normalized spacial score (nSPS) is 10.8. The summed E-state index contributed by atoms with van der Waals surface area (Å²) < 4.78 is 12.2. The van der Waals surface area contributed by atoms with E-state index in [1.165, 1.54) is 0 Å². The van der Waals surface area contributed by atoms with E-state index >= 15 is 0 Å². The summed E-state index contributed by atoms with van der Waals surface area (Å²) in [6.45, 7) is 0. The minimum absolute atomic E-state index is 0.158. The molecule has 0 saturated carbocycles. The van der Waals surface area contributed by atoms with Gasteiger partial charge in [-0.3, -0.25) is 4.79 Å². The molecule has 8 heteroatoms. The molecular formula is C22H19ClN4O3. The van der Waals surface area contributed by atoms with Gasteiger partial charge in [-0.15, -0.1) is 5.10 Å². The highest BCUT2D eigenvalue weighted by Crippen LogP contribution is 2.30. The number of nitrogens with one attached hydrogen (secondary N) is 1. The van der Waals surface area contributed by atoms with Gasteiger partial charge < -0.3 is 14.8 Å². The van der Waals surface area contributed by atoms with Crippen LogP contribution in [0.5, 0.6) is 11.6 Å². The summed E-state index contributed by atoms with van der Waals surface area (Å²) in [6.07, 6.45) is 2.03. The molecule has 1 amide bonds. The lowest BCUT2D eigenvalue weighted by atomic mass is 10.1. The minimum Gasteiger partial charge on any atom is -0.495 e. The van der Waals surface area contributed by atoms with Gasteiger partial charge in [-0.05, 0) is 42.0 Å². The largest absolute Gasteiger partial charge is 0.495 e. The third-order valence-corrected chi connectivity index (χ3v) is 4.80. The van der Waals surface area contributed by atoms with Gasteiger partial charge in [-0.1, -0.05) is 23.7 Å². The molecule has 0 atom stereocenters. The number of amides is 1. The molecule has 2 heterocycles. The van der Waals surface area contributed by atoms with Crippen molar-refractivity contribution in [1.82, 2.24) is 14.6 Å². The van der Waals surface area contributed by atoms with E-state index in [4.69, 9.17) is 21.1 Å². The first kappa shape index (κ1) is 19.7. The molecule has 0 spiro atoms. The number of anilines is 1. The van der Waals surface area contributed by atoms with Gasteiger partial charge in [0.25, 0.3) is 0 Å². The van der Waals surface area contributed by atoms with Crippen molar-refractivity contribution in [3.05, 3.63) is 71.4 Å². The Hall–Kier alpha value is -3.58. The van der Waals surface area contributed by atoms with Crippen LogP contribution in [0.2, 0.25) is 5.02 Å². The molecule has 0 unspecified atom stereocenters. The van der Waals surface area contributed by atoms with Gasteiger partial charge in [0.2, 0.25) is 11.8 Å². The molecule has 2 aromatic heterocycles. The van der Waals surface area contributed by atoms with Gasteiger partial charge in [0, 0.05) is 16.7 Å². The van der Waals surface area contributed by atoms with Crippen molar-refractivity contribution in [2.45, 2.75) is 6.42 Å². The van der Waals surface area contributed by atoms with Gasteiger partial charge in [0.05, 0.1) is 38.2 Å². The molecule has 152 valence electrons. The van der Waals surface area contributed by atoms with Crippen LogP contribution in [-0.2, 0) is 11.2 Å². The molecule has 30 heavy (non-hydrogen) atoms. The Morgan fingerprint density at radius 2 is 1.87 bits per heavy atom. The predicted octanol–water partition coefficient (Wildman–Crippen LogP) is 4.25. The average molecular weight is 423 g/mol. The predicted molar refractivity (Wildman–Crippen MR) is 115 cm³/mol. The van der Waals surface area contributed by atoms with Crippen LogP contribution < -0.4 is 14.8 Å². The van der Waals surface area contributed by atoms with E-state index in [1.807, 2.05) is 30.3 Å². The van der Waals surface area contributed by atoms with Gasteiger partial charge >= 0.3 is 0 Å². The van der Waals surface area contributed by atoms with E-state index in [-0.39, 0.29) is 12.3 Å². The second-order valence-electron chi connectivity index (χ2n) is 6.57. The first-order chi connectivity index (χ1) is 14.6. The van der Waals surface area contributed by atoms with E-state index in [0.717, 1.165) is 11.1 Å². The highest BCUT2D eigenvalue weighted by Gasteiger charge is 2.13. The maximum Gasteiger partial charge on any atom is 0.231 e. The van der Waals surface area contributed by atoms with Crippen LogP contribution in [0, 0.1) is 0 Å². The van der Waals surface area contributed by atoms with Crippen molar-refractivity contribution in [3.8, 4) is 22.9 Å². The number of benzene rings is 2. The van der Waals surface area contributed by atoms with Crippen LogP contribution >= 0.6 is 11.6 Å². The number of carbonyl (C=O) groups excluding carboxylic acids is 1. The lowest BCUT2D eigenvalue weighted by Crippen LogP contribution is -2.15. The molecule has 7 nitrogen and oxygen atoms in total. The summed E-state index contributed by atoms with van der Waals surface area (Å²) >= 11 is 5.90. The first-order valence-corrected chi connectivity index (χ1v) is 9.56. The Morgan fingerprint density at radius 1 is 1.07 bits per heavy atom. The number of carbonyl (C=O) groups is 1. The number of imidazole rings is 1. The van der Waals surface area contributed by atoms with Gasteiger partial charge in [-0.2, -0.15) is 0 Å². The van der Waals surface area contributed by atoms with E-state index in [9.17, 15) is 4.79 Å². The van der Waals surface area contributed by atoms with Crippen LogP contribution in [0.3, 0.4) is 0 Å². The zero-order valence-electron chi connectivity index (χ0n) is 16.4. The molecule has 0 aliphatic rings. The SMILES string of the molecule is COc1ccc2nc(-c3ccc(OC)c(NC(=O)Cc4ccc(Cl)cc4)c3)cn2n1. The number of halogens is 1. The average Bonchev–Trinajstić information content (AvgIpc) is 3.18. The topological polar surface area (TPSA) is 77.8 Å². The zero-order chi connectivity index (χ0) is 21.1. The molecule has 0 fully saturated rings. The molecule has 4 rings (SSSR count). The molecule has 0 bridgehead atoms. The number of rotatable bonds is 6. The van der Waals surface area contributed by atoms with Crippen LogP contribution in [0.15, 0.2) is 60.8 Å². The van der Waals surface area contributed by atoms with Crippen molar-refractivity contribution < 1.29 is 14.3 Å². The molecule has 2 aromatic carbocycles. The molecule has 0 aliphatic carbocycles. The maximum atomic E-state index is 12.6. The number of aromatic nitrogens is 3. The minimum atomic E-state index is -0.158. The lowest BCUT2D eigenvalue weighted by molar-refractivity contribution is -0.115. The summed E-state index contributed by atoms with van der Waals surface area (Å²) in [5.41, 5.74) is 3.66. The maximum absolute atomic E-state index is 12.6. The smallest absolute Gasteiger partial charge is 0.231 e. The van der Waals surface area contributed by atoms with E-state index in [0.29, 0.717) is 33.7 Å². The number of hydrogen-bond acceptors (Lipinski definition) is 5. The number of fused-ring (bicyclic) bond motifs is 1. The Labute approximate surface area is 178 Å². The van der Waals surface area contributed by atoms with Crippen molar-refractivity contribution >= 4 is 28.8 Å². The number of nitrogens with zero attached hydrogens (tertiary/aromatic N) is 3. The summed E-state index contributed by atoms with van der Waals surface area (Å²) in [7, 11) is 3.12. The quantitative estimate of drug-likeness (QED) is 0.502. The van der Waals surface area contributed by atoms with Crippen molar-refractivity contribution in [2.75, 3.05) is 19.5 Å². The van der Waals surface area contributed by atoms with Gasteiger partial charge in [0.1, 0.15) is 5.75 Å². The summed E-state index contributed by atoms with van der Waals surface area (Å²) in [5.74, 6) is 0.900. The summed E-state index contributed by atoms with van der Waals surface area (Å²) in [5, 5.41) is 7.88. The van der Waals surface area contributed by atoms with E-state index in [1.54, 1.807) is 49.2 Å². The highest BCUT2D eigenvalue weighted by molar-refractivity contribution is 6.30. The molecule has 0 aliphatic heterocycles. The molecule has 0 saturated heterocycles. The number of hydrogen-bond donors (Lipinski definition) is 1. The second-order valence-corrected chi connectivity index (χ2v) is 7.01. The lowest BCUT2D eigenvalue weighted by Gasteiger charge is -2.11. The molecule has 1 N–H and O–H groups in total. The van der Waals surface area contributed by atoms with Crippen molar-refractivity contribution in [2.24, 2.45) is 0 Å². The third-order valence-electron chi connectivity index (χ3n) is 4.55. The van der Waals surface area contributed by atoms with Crippen LogP contribution in [-0.4, -0.2) is 34.7 Å². The van der Waals surface area contributed by atoms with E-state index < -0.39 is 0 Å². The first-order valence-electron chi connectivity index (χ1n) is 9.19. The number of methoxy groups -OCH3 is 2. The molecule has 0 radical (unpaired) electrons. The van der Waals surface area contributed by atoms with Crippen molar-refractivity contribution in [3.63, 3.8) is 0 Å². The van der Waals surface area contributed by atoms with Crippen LogP contribution in [0.4, 0.5) is 5.69 Å². The molecule has 4 aromatic rings.